The van der Waals surface area contributed by atoms with Gasteiger partial charge in [0.15, 0.2) is 5.82 Å². The molecule has 0 N–H and O–H groups in total. The van der Waals surface area contributed by atoms with E-state index < -0.39 is 23.5 Å². The molecule has 2 aromatic rings. The highest BCUT2D eigenvalue weighted by Gasteiger charge is 2.33. The van der Waals surface area contributed by atoms with Gasteiger partial charge in [-0.1, -0.05) is 12.1 Å². The second kappa shape index (κ2) is 5.75. The van der Waals surface area contributed by atoms with Gasteiger partial charge in [-0.2, -0.15) is 22.0 Å². The zero-order valence-corrected chi connectivity index (χ0v) is 11.8. The van der Waals surface area contributed by atoms with Gasteiger partial charge in [0.25, 0.3) is 5.95 Å². The summed E-state index contributed by atoms with van der Waals surface area (Å²) in [5.74, 6) is -2.56. The third-order valence-corrected chi connectivity index (χ3v) is 3.62. The number of nitrogens with zero attached hydrogens (tertiary/aromatic N) is 3. The van der Waals surface area contributed by atoms with Crippen LogP contribution in [0.4, 0.5) is 27.8 Å². The van der Waals surface area contributed by atoms with Gasteiger partial charge in [-0.25, -0.2) is 9.97 Å². The van der Waals surface area contributed by atoms with Gasteiger partial charge in [0.05, 0.1) is 5.56 Å². The fraction of sp³-hybridized carbons (Fsp3) is 0.333. The van der Waals surface area contributed by atoms with Crippen LogP contribution < -0.4 is 4.90 Å². The van der Waals surface area contributed by atoms with E-state index in [0.29, 0.717) is 5.56 Å². The van der Waals surface area contributed by atoms with Gasteiger partial charge in [0.2, 0.25) is 5.82 Å². The van der Waals surface area contributed by atoms with Gasteiger partial charge in [0.1, 0.15) is 6.33 Å². The zero-order chi connectivity index (χ0) is 16.6. The van der Waals surface area contributed by atoms with Gasteiger partial charge < -0.3 is 4.90 Å². The highest BCUT2D eigenvalue weighted by Crippen LogP contribution is 2.34. The summed E-state index contributed by atoms with van der Waals surface area (Å²) >= 11 is 0. The number of alkyl halides is 3. The van der Waals surface area contributed by atoms with Crippen LogP contribution in [0.5, 0.6) is 0 Å². The molecule has 3 nitrogen and oxygen atoms in total. The Labute approximate surface area is 128 Å². The molecule has 0 aliphatic heterocycles. The Kier molecular flexibility index (Phi) is 3.91. The van der Waals surface area contributed by atoms with Crippen molar-refractivity contribution in [3.8, 4) is 0 Å². The highest BCUT2D eigenvalue weighted by atomic mass is 19.4. The van der Waals surface area contributed by atoms with Crippen LogP contribution >= 0.6 is 0 Å². The van der Waals surface area contributed by atoms with Crippen LogP contribution in [0.3, 0.4) is 0 Å². The first kappa shape index (κ1) is 15.6. The van der Waals surface area contributed by atoms with Crippen molar-refractivity contribution in [1.29, 1.82) is 0 Å². The maximum atomic E-state index is 13.9. The van der Waals surface area contributed by atoms with Crippen molar-refractivity contribution in [3.05, 3.63) is 53.5 Å². The average molecular weight is 329 g/mol. The molecule has 1 aliphatic rings. The molecule has 23 heavy (non-hydrogen) atoms. The number of aromatic nitrogens is 2. The molecule has 3 rings (SSSR count). The maximum absolute atomic E-state index is 13.9. The van der Waals surface area contributed by atoms with Gasteiger partial charge in [0, 0.05) is 12.6 Å². The molecule has 1 fully saturated rings. The van der Waals surface area contributed by atoms with E-state index in [-0.39, 0.29) is 18.4 Å². The predicted molar refractivity (Wildman–Crippen MR) is 72.6 cm³/mol. The Morgan fingerprint density at radius 1 is 1.04 bits per heavy atom. The van der Waals surface area contributed by atoms with E-state index in [4.69, 9.17) is 0 Å². The van der Waals surface area contributed by atoms with Crippen LogP contribution in [-0.4, -0.2) is 16.0 Å². The molecule has 1 heterocycles. The summed E-state index contributed by atoms with van der Waals surface area (Å²) in [5.41, 5.74) is -0.193. The first-order chi connectivity index (χ1) is 10.9. The molecule has 1 saturated carbocycles. The first-order valence-corrected chi connectivity index (χ1v) is 6.95. The fourth-order valence-corrected chi connectivity index (χ4v) is 2.30. The molecule has 0 bridgehead atoms. The minimum atomic E-state index is -4.41. The zero-order valence-electron chi connectivity index (χ0n) is 11.8. The number of hydrogen-bond acceptors (Lipinski definition) is 3. The Balaban J connectivity index is 1.85. The van der Waals surface area contributed by atoms with Crippen LogP contribution in [-0.2, 0) is 12.7 Å². The molecule has 0 unspecified atom stereocenters. The van der Waals surface area contributed by atoms with Crippen LogP contribution in [0, 0.1) is 11.8 Å². The molecule has 122 valence electrons. The van der Waals surface area contributed by atoms with Gasteiger partial charge in [-0.3, -0.25) is 0 Å². The summed E-state index contributed by atoms with van der Waals surface area (Å²) in [6, 6.07) is 4.59. The molecule has 1 aromatic carbocycles. The second-order valence-electron chi connectivity index (χ2n) is 5.36. The third kappa shape index (κ3) is 3.40. The number of benzene rings is 1. The van der Waals surface area contributed by atoms with E-state index in [0.717, 1.165) is 31.3 Å². The van der Waals surface area contributed by atoms with Crippen molar-refractivity contribution < 1.29 is 22.0 Å². The van der Waals surface area contributed by atoms with Crippen molar-refractivity contribution in [1.82, 2.24) is 9.97 Å². The van der Waals surface area contributed by atoms with Crippen LogP contribution in [0.15, 0.2) is 30.6 Å². The second-order valence-corrected chi connectivity index (χ2v) is 5.36. The summed E-state index contributed by atoms with van der Waals surface area (Å²) in [5, 5.41) is 0. The molecular weight excluding hydrogens is 317 g/mol. The Morgan fingerprint density at radius 2 is 1.70 bits per heavy atom. The molecule has 1 aliphatic carbocycles. The van der Waals surface area contributed by atoms with Crippen molar-refractivity contribution in [3.63, 3.8) is 0 Å². The smallest absolute Gasteiger partial charge is 0.347 e. The van der Waals surface area contributed by atoms with Gasteiger partial charge >= 0.3 is 6.18 Å². The summed E-state index contributed by atoms with van der Waals surface area (Å²) in [4.78, 5) is 8.47. The highest BCUT2D eigenvalue weighted by molar-refractivity contribution is 5.43. The predicted octanol–water partition coefficient (Wildman–Crippen LogP) is 3.94. The normalized spacial score (nSPS) is 14.8. The van der Waals surface area contributed by atoms with Crippen molar-refractivity contribution in [2.24, 2.45) is 0 Å². The average Bonchev–Trinajstić information content (AvgIpc) is 3.32. The van der Waals surface area contributed by atoms with E-state index in [2.05, 4.69) is 9.97 Å². The number of rotatable bonds is 4. The first-order valence-electron chi connectivity index (χ1n) is 6.95. The van der Waals surface area contributed by atoms with Crippen LogP contribution in [0.25, 0.3) is 0 Å². The van der Waals surface area contributed by atoms with E-state index in [1.165, 1.54) is 12.1 Å². The number of hydrogen-bond donors (Lipinski definition) is 0. The Hall–Kier alpha value is -2.25. The maximum Gasteiger partial charge on any atom is 0.416 e. The number of halogens is 5. The summed E-state index contributed by atoms with van der Waals surface area (Å²) < 4.78 is 64.8. The molecule has 8 heteroatoms. The summed E-state index contributed by atoms with van der Waals surface area (Å²) in [6.45, 7) is 0.149. The quantitative estimate of drug-likeness (QED) is 0.628. The fourth-order valence-electron chi connectivity index (χ4n) is 2.30. The minimum Gasteiger partial charge on any atom is -0.347 e. The standard InChI is InChI=1S/C15H12F5N3/c16-12-13(17)21-8-22-14(12)23(11-5-6-11)7-9-1-3-10(4-2-9)15(18,19)20/h1-4,8,11H,5-7H2. The van der Waals surface area contributed by atoms with Gasteiger partial charge in [-0.05, 0) is 30.5 Å². The molecule has 0 spiro atoms. The molecule has 0 radical (unpaired) electrons. The van der Waals surface area contributed by atoms with E-state index in [1.807, 2.05) is 0 Å². The SMILES string of the molecule is Fc1ncnc(N(Cc2ccc(C(F)(F)F)cc2)C2CC2)c1F. The molecule has 0 atom stereocenters. The third-order valence-electron chi connectivity index (χ3n) is 3.62. The number of anilines is 1. The van der Waals surface area contributed by atoms with Crippen LogP contribution in [0.2, 0.25) is 0 Å². The lowest BCUT2D eigenvalue weighted by Gasteiger charge is -2.24. The summed E-state index contributed by atoms with van der Waals surface area (Å²) in [6.07, 6.45) is -1.89. The monoisotopic (exact) mass is 329 g/mol. The summed E-state index contributed by atoms with van der Waals surface area (Å²) in [7, 11) is 0. The molecular formula is C15H12F5N3. The van der Waals surface area contributed by atoms with Crippen molar-refractivity contribution in [2.75, 3.05) is 4.90 Å². The lowest BCUT2D eigenvalue weighted by atomic mass is 10.1. The van der Waals surface area contributed by atoms with Crippen molar-refractivity contribution in [2.45, 2.75) is 31.6 Å². The molecule has 0 saturated heterocycles. The largest absolute Gasteiger partial charge is 0.416 e. The van der Waals surface area contributed by atoms with E-state index in [9.17, 15) is 22.0 Å². The Bertz CT molecular complexity index is 695. The van der Waals surface area contributed by atoms with E-state index in [1.54, 1.807) is 4.90 Å². The Morgan fingerprint density at radius 3 is 2.26 bits per heavy atom. The lowest BCUT2D eigenvalue weighted by molar-refractivity contribution is -0.137. The van der Waals surface area contributed by atoms with Crippen molar-refractivity contribution >= 4 is 5.82 Å². The lowest BCUT2D eigenvalue weighted by Crippen LogP contribution is -2.27. The van der Waals surface area contributed by atoms with Gasteiger partial charge in [-0.15, -0.1) is 0 Å². The van der Waals surface area contributed by atoms with E-state index >= 15 is 0 Å². The molecule has 0 amide bonds. The van der Waals surface area contributed by atoms with Crippen LogP contribution in [0.1, 0.15) is 24.0 Å². The minimum absolute atomic E-state index is 0.00101. The molecule has 1 aromatic heterocycles. The topological polar surface area (TPSA) is 29.0 Å².